The summed E-state index contributed by atoms with van der Waals surface area (Å²) in [6, 6.07) is 8.69. The molecule has 2 rings (SSSR count). The second-order valence-corrected chi connectivity index (χ2v) is 6.78. The zero-order valence-corrected chi connectivity index (χ0v) is 13.5. The molecule has 1 fully saturated rings. The number of aryl methyl sites for hydroxylation is 1. The van der Waals surface area contributed by atoms with Gasteiger partial charge in [0.1, 0.15) is 0 Å². The minimum absolute atomic E-state index is 0.113. The van der Waals surface area contributed by atoms with Gasteiger partial charge in [0.05, 0.1) is 5.54 Å². The largest absolute Gasteiger partial charge is 0.347 e. The van der Waals surface area contributed by atoms with Gasteiger partial charge in [-0.2, -0.15) is 0 Å². The van der Waals surface area contributed by atoms with Gasteiger partial charge in [-0.1, -0.05) is 37.6 Å². The maximum atomic E-state index is 12.3. The Labute approximate surface area is 128 Å². The monoisotopic (exact) mass is 288 g/mol. The molecule has 0 saturated heterocycles. The first-order valence-electron chi connectivity index (χ1n) is 8.08. The Kier molecular flexibility index (Phi) is 5.04. The van der Waals surface area contributed by atoms with E-state index in [1.807, 2.05) is 0 Å². The number of hydrogen-bond donors (Lipinski definition) is 2. The van der Waals surface area contributed by atoms with Gasteiger partial charge in [0.15, 0.2) is 0 Å². The van der Waals surface area contributed by atoms with E-state index in [1.165, 1.54) is 5.56 Å². The van der Waals surface area contributed by atoms with Gasteiger partial charge in [-0.05, 0) is 50.2 Å². The summed E-state index contributed by atoms with van der Waals surface area (Å²) >= 11 is 0. The topological polar surface area (TPSA) is 55.1 Å². The Morgan fingerprint density at radius 2 is 1.95 bits per heavy atom. The molecule has 0 unspecified atom stereocenters. The zero-order valence-electron chi connectivity index (χ0n) is 13.5. The number of benzene rings is 1. The molecule has 1 aromatic rings. The van der Waals surface area contributed by atoms with Crippen LogP contribution in [0, 0.1) is 5.92 Å². The third-order valence-corrected chi connectivity index (χ3v) is 4.70. The van der Waals surface area contributed by atoms with Crippen LogP contribution in [0.25, 0.3) is 0 Å². The highest BCUT2D eigenvalue weighted by atomic mass is 16.1. The Balaban J connectivity index is 1.97. The Bertz CT molecular complexity index is 478. The van der Waals surface area contributed by atoms with Crippen molar-refractivity contribution in [3.63, 3.8) is 0 Å². The number of rotatable bonds is 5. The van der Waals surface area contributed by atoms with Gasteiger partial charge in [-0.3, -0.25) is 4.79 Å². The quantitative estimate of drug-likeness (QED) is 0.874. The van der Waals surface area contributed by atoms with E-state index in [1.54, 1.807) is 0 Å². The summed E-state index contributed by atoms with van der Waals surface area (Å²) in [6.45, 7) is 6.26. The molecule has 0 aromatic heterocycles. The van der Waals surface area contributed by atoms with Gasteiger partial charge in [0, 0.05) is 12.5 Å². The van der Waals surface area contributed by atoms with E-state index in [2.05, 4.69) is 50.4 Å². The highest BCUT2D eigenvalue weighted by Crippen LogP contribution is 2.28. The molecule has 1 saturated carbocycles. The number of nitrogens with two attached hydrogens (primary N) is 1. The number of hydrogen-bond acceptors (Lipinski definition) is 2. The van der Waals surface area contributed by atoms with E-state index in [9.17, 15) is 4.79 Å². The van der Waals surface area contributed by atoms with Gasteiger partial charge in [-0.25, -0.2) is 0 Å². The van der Waals surface area contributed by atoms with Crippen LogP contribution in [-0.2, 0) is 16.8 Å². The normalized spacial score (nSPS) is 22.3. The maximum absolute atomic E-state index is 12.3. The minimum atomic E-state index is -0.341. The second-order valence-electron chi connectivity index (χ2n) is 6.78. The molecule has 1 aliphatic carbocycles. The first-order chi connectivity index (χ1) is 9.92. The first kappa shape index (κ1) is 16.0. The van der Waals surface area contributed by atoms with Crippen LogP contribution in [0.2, 0.25) is 0 Å². The average molecular weight is 288 g/mol. The predicted molar refractivity (Wildman–Crippen MR) is 86.9 cm³/mol. The third-order valence-electron chi connectivity index (χ3n) is 4.70. The van der Waals surface area contributed by atoms with Crippen LogP contribution in [0.4, 0.5) is 0 Å². The molecule has 2 atom stereocenters. The lowest BCUT2D eigenvalue weighted by molar-refractivity contribution is -0.123. The number of nitrogens with one attached hydrogen (secondary N) is 1. The van der Waals surface area contributed by atoms with E-state index in [4.69, 9.17) is 5.73 Å². The molecule has 1 amide bonds. The lowest BCUT2D eigenvalue weighted by Gasteiger charge is -2.28. The number of carbonyl (C=O) groups excluding carboxylic acids is 1. The summed E-state index contributed by atoms with van der Waals surface area (Å²) in [5, 5.41) is 3.16. The highest BCUT2D eigenvalue weighted by molar-refractivity contribution is 5.77. The van der Waals surface area contributed by atoms with E-state index in [0.717, 1.165) is 31.2 Å². The highest BCUT2D eigenvalue weighted by Gasteiger charge is 2.29. The second kappa shape index (κ2) is 6.61. The van der Waals surface area contributed by atoms with Gasteiger partial charge in [-0.15, -0.1) is 0 Å². The molecule has 1 aliphatic rings. The van der Waals surface area contributed by atoms with Crippen LogP contribution in [0.3, 0.4) is 0 Å². The van der Waals surface area contributed by atoms with Crippen molar-refractivity contribution in [2.45, 2.75) is 64.5 Å². The van der Waals surface area contributed by atoms with Gasteiger partial charge in [0.25, 0.3) is 0 Å². The number of amides is 1. The Morgan fingerprint density at radius 1 is 1.29 bits per heavy atom. The Hall–Kier alpha value is -1.35. The SMILES string of the molecule is CCc1ccc(C(C)(C)NC(=O)C[C@@H]2CCC[C@H]2N)cc1. The number of carbonyl (C=O) groups is 1. The van der Waals surface area contributed by atoms with Gasteiger partial charge >= 0.3 is 0 Å². The third kappa shape index (κ3) is 4.07. The fourth-order valence-corrected chi connectivity index (χ4v) is 3.19. The molecule has 0 bridgehead atoms. The van der Waals surface area contributed by atoms with Crippen LogP contribution in [0.1, 0.15) is 57.6 Å². The Morgan fingerprint density at radius 3 is 2.48 bits per heavy atom. The summed E-state index contributed by atoms with van der Waals surface area (Å²) in [5.74, 6) is 0.463. The van der Waals surface area contributed by atoms with Crippen LogP contribution in [-0.4, -0.2) is 11.9 Å². The first-order valence-corrected chi connectivity index (χ1v) is 8.08. The molecule has 0 spiro atoms. The summed E-state index contributed by atoms with van der Waals surface area (Å²) in [5.41, 5.74) is 8.17. The molecule has 116 valence electrons. The van der Waals surface area contributed by atoms with Crippen molar-refractivity contribution >= 4 is 5.91 Å². The van der Waals surface area contributed by atoms with E-state index in [0.29, 0.717) is 12.3 Å². The van der Waals surface area contributed by atoms with Crippen molar-refractivity contribution in [3.05, 3.63) is 35.4 Å². The summed E-state index contributed by atoms with van der Waals surface area (Å²) in [7, 11) is 0. The average Bonchev–Trinajstić information content (AvgIpc) is 2.83. The van der Waals surface area contributed by atoms with E-state index < -0.39 is 0 Å². The minimum Gasteiger partial charge on any atom is -0.347 e. The lowest BCUT2D eigenvalue weighted by atomic mass is 9.92. The maximum Gasteiger partial charge on any atom is 0.221 e. The van der Waals surface area contributed by atoms with Crippen molar-refractivity contribution in [1.29, 1.82) is 0 Å². The van der Waals surface area contributed by atoms with Crippen molar-refractivity contribution in [2.24, 2.45) is 11.7 Å². The summed E-state index contributed by atoms with van der Waals surface area (Å²) in [4.78, 5) is 12.3. The molecule has 1 aromatic carbocycles. The lowest BCUT2D eigenvalue weighted by Crippen LogP contribution is -2.42. The standard InChI is InChI=1S/C18H28N2O/c1-4-13-8-10-15(11-9-13)18(2,3)20-17(21)12-14-6-5-7-16(14)19/h8-11,14,16H,4-7,12,19H2,1-3H3,(H,20,21)/t14-,16+/m0/s1. The molecule has 0 heterocycles. The van der Waals surface area contributed by atoms with Crippen LogP contribution in [0.5, 0.6) is 0 Å². The molecule has 3 nitrogen and oxygen atoms in total. The molecule has 0 radical (unpaired) electrons. The molecular formula is C18H28N2O. The molecular weight excluding hydrogens is 260 g/mol. The van der Waals surface area contributed by atoms with Crippen LogP contribution in [0.15, 0.2) is 24.3 Å². The van der Waals surface area contributed by atoms with Gasteiger partial charge < -0.3 is 11.1 Å². The summed E-state index contributed by atoms with van der Waals surface area (Å²) < 4.78 is 0. The van der Waals surface area contributed by atoms with E-state index >= 15 is 0 Å². The fourth-order valence-electron chi connectivity index (χ4n) is 3.19. The van der Waals surface area contributed by atoms with Crippen molar-refractivity contribution in [3.8, 4) is 0 Å². The summed E-state index contributed by atoms with van der Waals surface area (Å²) in [6.07, 6.45) is 4.88. The fraction of sp³-hybridized carbons (Fsp3) is 0.611. The van der Waals surface area contributed by atoms with Crippen LogP contribution >= 0.6 is 0 Å². The molecule has 3 N–H and O–H groups in total. The van der Waals surface area contributed by atoms with Crippen molar-refractivity contribution < 1.29 is 4.79 Å². The van der Waals surface area contributed by atoms with Crippen LogP contribution < -0.4 is 11.1 Å². The molecule has 0 aliphatic heterocycles. The van der Waals surface area contributed by atoms with E-state index in [-0.39, 0.29) is 17.5 Å². The zero-order chi connectivity index (χ0) is 15.5. The predicted octanol–water partition coefficient (Wildman–Crippen LogP) is 3.12. The van der Waals surface area contributed by atoms with Gasteiger partial charge in [0.2, 0.25) is 5.91 Å². The molecule has 3 heteroatoms. The van der Waals surface area contributed by atoms with Crippen molar-refractivity contribution in [1.82, 2.24) is 5.32 Å². The van der Waals surface area contributed by atoms with Crippen molar-refractivity contribution in [2.75, 3.05) is 0 Å². The smallest absolute Gasteiger partial charge is 0.221 e. The molecule has 21 heavy (non-hydrogen) atoms.